The third-order valence-electron chi connectivity index (χ3n) is 3.36. The zero-order chi connectivity index (χ0) is 13.7. The number of halogens is 1. The van der Waals surface area contributed by atoms with E-state index in [1.807, 2.05) is 12.1 Å². The van der Waals surface area contributed by atoms with Gasteiger partial charge >= 0.3 is 0 Å². The van der Waals surface area contributed by atoms with Crippen LogP contribution in [0.15, 0.2) is 24.3 Å². The van der Waals surface area contributed by atoms with Crippen LogP contribution in [0.1, 0.15) is 30.9 Å². The summed E-state index contributed by atoms with van der Waals surface area (Å²) in [6.45, 7) is 1.06. The summed E-state index contributed by atoms with van der Waals surface area (Å²) in [4.78, 5) is 11.9. The Morgan fingerprint density at radius 2 is 2.26 bits per heavy atom. The molecule has 1 amide bonds. The zero-order valence-corrected chi connectivity index (χ0v) is 11.5. The van der Waals surface area contributed by atoms with Gasteiger partial charge in [-0.3, -0.25) is 4.79 Å². The summed E-state index contributed by atoms with van der Waals surface area (Å²) >= 11 is 6.00. The van der Waals surface area contributed by atoms with Crippen LogP contribution >= 0.6 is 11.6 Å². The fraction of sp³-hybridized carbons (Fsp3) is 0.500. The molecule has 3 N–H and O–H groups in total. The second kappa shape index (κ2) is 6.89. The highest BCUT2D eigenvalue weighted by Crippen LogP contribution is 2.21. The summed E-state index contributed by atoms with van der Waals surface area (Å²) in [5, 5.41) is 16.5. The van der Waals surface area contributed by atoms with E-state index in [4.69, 9.17) is 11.6 Å². The van der Waals surface area contributed by atoms with Crippen molar-refractivity contribution in [2.24, 2.45) is 0 Å². The van der Waals surface area contributed by atoms with Crippen LogP contribution in [-0.4, -0.2) is 30.1 Å². The Kier molecular flexibility index (Phi) is 5.19. The molecule has 2 rings (SSSR count). The molecule has 2 atom stereocenters. The molecule has 1 fully saturated rings. The second-order valence-corrected chi connectivity index (χ2v) is 5.19. The number of carbonyl (C=O) groups excluding carboxylic acids is 1. The Morgan fingerprint density at radius 3 is 2.95 bits per heavy atom. The molecule has 0 saturated carbocycles. The average Bonchev–Trinajstić information content (AvgIpc) is 2.46. The van der Waals surface area contributed by atoms with Crippen LogP contribution in [0.2, 0.25) is 5.02 Å². The van der Waals surface area contributed by atoms with E-state index in [9.17, 15) is 9.90 Å². The lowest BCUT2D eigenvalue weighted by molar-refractivity contribution is -0.124. The van der Waals surface area contributed by atoms with Gasteiger partial charge in [0, 0.05) is 17.1 Å². The Labute approximate surface area is 118 Å². The van der Waals surface area contributed by atoms with Gasteiger partial charge in [0.15, 0.2) is 0 Å². The molecule has 1 aliphatic heterocycles. The molecule has 104 valence electrons. The highest BCUT2D eigenvalue weighted by Gasteiger charge is 2.21. The smallest absolute Gasteiger partial charge is 0.237 e. The van der Waals surface area contributed by atoms with Crippen molar-refractivity contribution in [2.75, 3.05) is 13.1 Å². The van der Waals surface area contributed by atoms with Gasteiger partial charge < -0.3 is 15.7 Å². The first-order valence-corrected chi connectivity index (χ1v) is 7.00. The first kappa shape index (κ1) is 14.3. The third kappa shape index (κ3) is 3.93. The van der Waals surface area contributed by atoms with Gasteiger partial charge in [-0.2, -0.15) is 0 Å². The summed E-state index contributed by atoms with van der Waals surface area (Å²) in [5.74, 6) is -0.0502. The van der Waals surface area contributed by atoms with Crippen molar-refractivity contribution < 1.29 is 9.90 Å². The van der Waals surface area contributed by atoms with Crippen molar-refractivity contribution in [1.82, 2.24) is 10.6 Å². The third-order valence-corrected chi connectivity index (χ3v) is 3.70. The van der Waals surface area contributed by atoms with Crippen LogP contribution in [-0.2, 0) is 4.79 Å². The summed E-state index contributed by atoms with van der Waals surface area (Å²) in [6, 6.07) is 6.98. The van der Waals surface area contributed by atoms with E-state index in [0.29, 0.717) is 10.6 Å². The topological polar surface area (TPSA) is 61.4 Å². The van der Waals surface area contributed by atoms with Crippen LogP contribution < -0.4 is 10.6 Å². The number of benzene rings is 1. The van der Waals surface area contributed by atoms with Gasteiger partial charge in [-0.1, -0.05) is 36.2 Å². The van der Waals surface area contributed by atoms with Crippen molar-refractivity contribution in [3.05, 3.63) is 34.9 Å². The molecular formula is C14H19ClN2O2. The SMILES string of the molecule is O=C(NC[C@H](O)c1ccccc1Cl)[C@@H]1CCCCN1. The second-order valence-electron chi connectivity index (χ2n) is 4.78. The normalized spacial score (nSPS) is 20.8. The molecule has 1 heterocycles. The van der Waals surface area contributed by atoms with Crippen LogP contribution in [0, 0.1) is 0 Å². The summed E-state index contributed by atoms with van der Waals surface area (Å²) in [5.41, 5.74) is 0.640. The predicted molar refractivity (Wildman–Crippen MR) is 75.1 cm³/mol. The van der Waals surface area contributed by atoms with Crippen molar-refractivity contribution in [3.8, 4) is 0 Å². The van der Waals surface area contributed by atoms with Crippen LogP contribution in [0.3, 0.4) is 0 Å². The van der Waals surface area contributed by atoms with Gasteiger partial charge in [-0.15, -0.1) is 0 Å². The van der Waals surface area contributed by atoms with E-state index in [0.717, 1.165) is 25.8 Å². The summed E-state index contributed by atoms with van der Waals surface area (Å²) < 4.78 is 0. The first-order valence-electron chi connectivity index (χ1n) is 6.62. The summed E-state index contributed by atoms with van der Waals surface area (Å²) in [7, 11) is 0. The van der Waals surface area contributed by atoms with E-state index in [1.54, 1.807) is 12.1 Å². The van der Waals surface area contributed by atoms with Crippen LogP contribution in [0.5, 0.6) is 0 Å². The Balaban J connectivity index is 1.84. The molecule has 0 spiro atoms. The van der Waals surface area contributed by atoms with Gasteiger partial charge in [0.25, 0.3) is 0 Å². The van der Waals surface area contributed by atoms with Crippen molar-refractivity contribution in [3.63, 3.8) is 0 Å². The lowest BCUT2D eigenvalue weighted by Crippen LogP contribution is -2.47. The predicted octanol–water partition coefficient (Wildman–Crippen LogP) is 1.63. The standard InChI is InChI=1S/C14H19ClN2O2/c15-11-6-2-1-5-10(11)13(18)9-17-14(19)12-7-3-4-8-16-12/h1-2,5-6,12-13,16,18H,3-4,7-9H2,(H,17,19)/t12-,13-/m0/s1. The van der Waals surface area contributed by atoms with Crippen molar-refractivity contribution >= 4 is 17.5 Å². The fourth-order valence-corrected chi connectivity index (χ4v) is 2.51. The molecule has 5 heteroatoms. The number of hydrogen-bond acceptors (Lipinski definition) is 3. The molecule has 4 nitrogen and oxygen atoms in total. The Bertz CT molecular complexity index is 433. The monoisotopic (exact) mass is 282 g/mol. The zero-order valence-electron chi connectivity index (χ0n) is 10.7. The maximum atomic E-state index is 11.9. The van der Waals surface area contributed by atoms with Crippen LogP contribution in [0.25, 0.3) is 0 Å². The van der Waals surface area contributed by atoms with Gasteiger partial charge in [0.1, 0.15) is 0 Å². The highest BCUT2D eigenvalue weighted by atomic mass is 35.5. The fourth-order valence-electron chi connectivity index (χ4n) is 2.25. The number of rotatable bonds is 4. The molecule has 1 saturated heterocycles. The molecule has 0 aliphatic carbocycles. The number of aliphatic hydroxyl groups is 1. The van der Waals surface area contributed by atoms with Crippen molar-refractivity contribution in [1.29, 1.82) is 0 Å². The molecule has 0 aromatic heterocycles. The molecule has 0 unspecified atom stereocenters. The molecule has 1 aliphatic rings. The Morgan fingerprint density at radius 1 is 1.47 bits per heavy atom. The molecule has 1 aromatic carbocycles. The van der Waals surface area contributed by atoms with E-state index in [1.165, 1.54) is 0 Å². The largest absolute Gasteiger partial charge is 0.387 e. The van der Waals surface area contributed by atoms with Gasteiger partial charge in [-0.25, -0.2) is 0 Å². The van der Waals surface area contributed by atoms with Crippen LogP contribution in [0.4, 0.5) is 0 Å². The average molecular weight is 283 g/mol. The number of nitrogens with one attached hydrogen (secondary N) is 2. The van der Waals surface area contributed by atoms with Gasteiger partial charge in [0.05, 0.1) is 12.1 Å². The first-order chi connectivity index (χ1) is 9.18. The van der Waals surface area contributed by atoms with E-state index in [-0.39, 0.29) is 18.5 Å². The lowest BCUT2D eigenvalue weighted by Gasteiger charge is -2.23. The maximum Gasteiger partial charge on any atom is 0.237 e. The number of aliphatic hydroxyl groups excluding tert-OH is 1. The minimum absolute atomic E-state index is 0.0502. The minimum atomic E-state index is -0.777. The van der Waals surface area contributed by atoms with E-state index >= 15 is 0 Å². The van der Waals surface area contributed by atoms with Gasteiger partial charge in [0.2, 0.25) is 5.91 Å². The van der Waals surface area contributed by atoms with Crippen molar-refractivity contribution in [2.45, 2.75) is 31.4 Å². The number of carbonyl (C=O) groups is 1. The van der Waals surface area contributed by atoms with Gasteiger partial charge in [-0.05, 0) is 25.5 Å². The molecule has 19 heavy (non-hydrogen) atoms. The number of amides is 1. The minimum Gasteiger partial charge on any atom is -0.387 e. The lowest BCUT2D eigenvalue weighted by atomic mass is 10.0. The van der Waals surface area contributed by atoms with E-state index in [2.05, 4.69) is 10.6 Å². The quantitative estimate of drug-likeness (QED) is 0.787. The highest BCUT2D eigenvalue weighted by molar-refractivity contribution is 6.31. The summed E-state index contributed by atoms with van der Waals surface area (Å²) in [6.07, 6.45) is 2.26. The molecule has 0 bridgehead atoms. The number of piperidine rings is 1. The van der Waals surface area contributed by atoms with E-state index < -0.39 is 6.10 Å². The number of hydrogen-bond donors (Lipinski definition) is 3. The molecule has 1 aromatic rings. The molecular weight excluding hydrogens is 264 g/mol. The Hall–Kier alpha value is -1.10. The maximum absolute atomic E-state index is 11.9. The molecule has 0 radical (unpaired) electrons.